The predicted octanol–water partition coefficient (Wildman–Crippen LogP) is 1.21. The number of hydrogen-bond donors (Lipinski definition) is 1. The average molecular weight is 282 g/mol. The third kappa shape index (κ3) is 3.19. The third-order valence-corrected chi connectivity index (χ3v) is 5.77. The Kier molecular flexibility index (Phi) is 5.46. The number of rotatable bonds is 5. The highest BCUT2D eigenvalue weighted by atomic mass is 15.3. The van der Waals surface area contributed by atoms with E-state index in [4.69, 9.17) is 5.73 Å². The van der Waals surface area contributed by atoms with Crippen LogP contribution >= 0.6 is 0 Å². The summed E-state index contributed by atoms with van der Waals surface area (Å²) in [4.78, 5) is 7.79. The van der Waals surface area contributed by atoms with Gasteiger partial charge >= 0.3 is 0 Å². The molecular weight excluding hydrogens is 248 g/mol. The normalized spacial score (nSPS) is 30.8. The monoisotopic (exact) mass is 282 g/mol. The zero-order chi connectivity index (χ0) is 14.8. The van der Waals surface area contributed by atoms with E-state index in [0.717, 1.165) is 13.1 Å². The first-order chi connectivity index (χ1) is 9.52. The Morgan fingerprint density at radius 3 is 2.35 bits per heavy atom. The summed E-state index contributed by atoms with van der Waals surface area (Å²) in [7, 11) is 2.32. The van der Waals surface area contributed by atoms with E-state index in [1.807, 2.05) is 0 Å². The van der Waals surface area contributed by atoms with Crippen molar-refractivity contribution in [2.75, 3.05) is 46.3 Å². The van der Waals surface area contributed by atoms with Crippen molar-refractivity contribution in [3.05, 3.63) is 0 Å². The van der Waals surface area contributed by atoms with Crippen molar-refractivity contribution in [2.45, 2.75) is 57.7 Å². The molecule has 1 unspecified atom stereocenters. The summed E-state index contributed by atoms with van der Waals surface area (Å²) >= 11 is 0. The van der Waals surface area contributed by atoms with Crippen molar-refractivity contribution in [3.8, 4) is 0 Å². The van der Waals surface area contributed by atoms with E-state index >= 15 is 0 Å². The fraction of sp³-hybridized carbons (Fsp3) is 1.00. The van der Waals surface area contributed by atoms with E-state index in [2.05, 4.69) is 42.5 Å². The van der Waals surface area contributed by atoms with Gasteiger partial charge < -0.3 is 10.6 Å². The van der Waals surface area contributed by atoms with Gasteiger partial charge in [-0.15, -0.1) is 0 Å². The van der Waals surface area contributed by atoms with Crippen LogP contribution in [0.5, 0.6) is 0 Å². The average Bonchev–Trinajstić information content (AvgIpc) is 2.92. The molecule has 0 saturated carbocycles. The maximum Gasteiger partial charge on any atom is 0.0470 e. The molecule has 0 bridgehead atoms. The van der Waals surface area contributed by atoms with Crippen molar-refractivity contribution < 1.29 is 0 Å². The first-order valence-corrected chi connectivity index (χ1v) is 8.42. The number of likely N-dealkylation sites (N-methyl/N-ethyl adjacent to an activating group) is 1. The lowest BCUT2D eigenvalue weighted by Crippen LogP contribution is -2.59. The molecule has 0 aliphatic carbocycles. The summed E-state index contributed by atoms with van der Waals surface area (Å²) in [6.45, 7) is 13.7. The first kappa shape index (κ1) is 16.2. The second kappa shape index (κ2) is 6.73. The van der Waals surface area contributed by atoms with E-state index in [-0.39, 0.29) is 5.54 Å². The predicted molar refractivity (Wildman–Crippen MR) is 86.0 cm³/mol. The molecule has 1 atom stereocenters. The van der Waals surface area contributed by atoms with Gasteiger partial charge in [0, 0.05) is 37.3 Å². The molecule has 0 aromatic rings. The minimum Gasteiger partial charge on any atom is -0.329 e. The lowest BCUT2D eigenvalue weighted by molar-refractivity contribution is 0.0421. The van der Waals surface area contributed by atoms with Gasteiger partial charge in [0.25, 0.3) is 0 Å². The van der Waals surface area contributed by atoms with Crippen LogP contribution in [-0.4, -0.2) is 78.6 Å². The van der Waals surface area contributed by atoms with Crippen LogP contribution in [0, 0.1) is 0 Å². The molecule has 4 heteroatoms. The molecule has 0 spiro atoms. The molecule has 0 aromatic carbocycles. The molecule has 2 aliphatic rings. The molecular formula is C16H34N4. The summed E-state index contributed by atoms with van der Waals surface area (Å²) < 4.78 is 0. The van der Waals surface area contributed by atoms with Gasteiger partial charge in [0.15, 0.2) is 0 Å². The summed E-state index contributed by atoms with van der Waals surface area (Å²) in [5, 5.41) is 0. The topological polar surface area (TPSA) is 35.7 Å². The number of piperidine rings is 1. The van der Waals surface area contributed by atoms with Crippen LogP contribution in [-0.2, 0) is 0 Å². The van der Waals surface area contributed by atoms with Crippen molar-refractivity contribution in [3.63, 3.8) is 0 Å². The fourth-order valence-electron chi connectivity index (χ4n) is 3.94. The van der Waals surface area contributed by atoms with Crippen LogP contribution in [0.15, 0.2) is 0 Å². The molecule has 2 N–H and O–H groups in total. The largest absolute Gasteiger partial charge is 0.329 e. The second-order valence-electron chi connectivity index (χ2n) is 7.02. The Bertz CT molecular complexity index is 299. The van der Waals surface area contributed by atoms with E-state index in [0.29, 0.717) is 12.1 Å². The first-order valence-electron chi connectivity index (χ1n) is 8.42. The molecule has 118 valence electrons. The lowest BCUT2D eigenvalue weighted by atomic mass is 9.91. The minimum absolute atomic E-state index is 0.212. The van der Waals surface area contributed by atoms with Crippen molar-refractivity contribution in [1.82, 2.24) is 14.7 Å². The highest BCUT2D eigenvalue weighted by Crippen LogP contribution is 2.31. The van der Waals surface area contributed by atoms with Crippen LogP contribution in [0.1, 0.15) is 40.0 Å². The Morgan fingerprint density at radius 2 is 1.90 bits per heavy atom. The van der Waals surface area contributed by atoms with Crippen LogP contribution < -0.4 is 5.73 Å². The molecule has 2 rings (SSSR count). The molecule has 2 saturated heterocycles. The quantitative estimate of drug-likeness (QED) is 0.822. The molecule has 0 amide bonds. The van der Waals surface area contributed by atoms with Gasteiger partial charge in [-0.2, -0.15) is 0 Å². The standard InChI is InChI=1S/C16H34N4/c1-5-19-9-6-15(7-10-19)18(4)16(12-17)8-11-20(13-16)14(2)3/h14-15H,5-13,17H2,1-4H3. The van der Waals surface area contributed by atoms with Gasteiger partial charge in [0.2, 0.25) is 0 Å². The summed E-state index contributed by atoms with van der Waals surface area (Å²) in [6, 6.07) is 1.35. The van der Waals surface area contributed by atoms with Crippen LogP contribution in [0.2, 0.25) is 0 Å². The molecule has 2 aliphatic heterocycles. The molecule has 4 nitrogen and oxygen atoms in total. The zero-order valence-electron chi connectivity index (χ0n) is 13.9. The summed E-state index contributed by atoms with van der Waals surface area (Å²) in [5.41, 5.74) is 6.43. The Labute approximate surface area is 125 Å². The van der Waals surface area contributed by atoms with Crippen molar-refractivity contribution >= 4 is 0 Å². The SMILES string of the molecule is CCN1CCC(N(C)C2(CN)CCN(C(C)C)C2)CC1. The highest BCUT2D eigenvalue weighted by Gasteiger charge is 2.43. The third-order valence-electron chi connectivity index (χ3n) is 5.77. The van der Waals surface area contributed by atoms with Gasteiger partial charge in [-0.1, -0.05) is 6.92 Å². The minimum atomic E-state index is 0.212. The maximum atomic E-state index is 6.21. The van der Waals surface area contributed by atoms with E-state index in [1.165, 1.54) is 45.4 Å². The number of likely N-dealkylation sites (tertiary alicyclic amines) is 2. The fourth-order valence-corrected chi connectivity index (χ4v) is 3.94. The van der Waals surface area contributed by atoms with E-state index < -0.39 is 0 Å². The van der Waals surface area contributed by atoms with Crippen LogP contribution in [0.25, 0.3) is 0 Å². The van der Waals surface area contributed by atoms with Gasteiger partial charge in [-0.3, -0.25) is 9.80 Å². The molecule has 20 heavy (non-hydrogen) atoms. The van der Waals surface area contributed by atoms with Gasteiger partial charge in [-0.05, 0) is 59.8 Å². The molecule has 2 heterocycles. The summed E-state index contributed by atoms with van der Waals surface area (Å²) in [5.74, 6) is 0. The molecule has 2 fully saturated rings. The maximum absolute atomic E-state index is 6.21. The Balaban J connectivity index is 1.98. The Morgan fingerprint density at radius 1 is 1.25 bits per heavy atom. The van der Waals surface area contributed by atoms with Gasteiger partial charge in [0.05, 0.1) is 0 Å². The smallest absolute Gasteiger partial charge is 0.0470 e. The van der Waals surface area contributed by atoms with E-state index in [1.54, 1.807) is 0 Å². The second-order valence-corrected chi connectivity index (χ2v) is 7.02. The number of hydrogen-bond acceptors (Lipinski definition) is 4. The van der Waals surface area contributed by atoms with Crippen LogP contribution in [0.4, 0.5) is 0 Å². The molecule has 0 aromatic heterocycles. The number of nitrogens with two attached hydrogens (primary N) is 1. The van der Waals surface area contributed by atoms with Crippen molar-refractivity contribution in [1.29, 1.82) is 0 Å². The van der Waals surface area contributed by atoms with Crippen molar-refractivity contribution in [2.24, 2.45) is 5.73 Å². The highest BCUT2D eigenvalue weighted by molar-refractivity contribution is 5.02. The Hall–Kier alpha value is -0.160. The lowest BCUT2D eigenvalue weighted by Gasteiger charge is -2.46. The summed E-state index contributed by atoms with van der Waals surface area (Å²) in [6.07, 6.45) is 3.83. The van der Waals surface area contributed by atoms with Crippen LogP contribution in [0.3, 0.4) is 0 Å². The van der Waals surface area contributed by atoms with Gasteiger partial charge in [0.1, 0.15) is 0 Å². The van der Waals surface area contributed by atoms with E-state index in [9.17, 15) is 0 Å². The van der Waals surface area contributed by atoms with Gasteiger partial charge in [-0.25, -0.2) is 0 Å². The zero-order valence-corrected chi connectivity index (χ0v) is 13.9. The molecule has 0 radical (unpaired) electrons. The number of nitrogens with zero attached hydrogens (tertiary/aromatic N) is 3.